The largest absolute Gasteiger partial charge is 0.497 e. The summed E-state index contributed by atoms with van der Waals surface area (Å²) < 4.78 is 28.3. The Kier molecular flexibility index (Phi) is 3.06. The van der Waals surface area contributed by atoms with E-state index < -0.39 is 32.5 Å². The van der Waals surface area contributed by atoms with Crippen LogP contribution in [0.5, 0.6) is 5.75 Å². The van der Waals surface area contributed by atoms with Crippen LogP contribution in [-0.4, -0.2) is 43.6 Å². The molecule has 0 bridgehead atoms. The molecule has 0 radical (unpaired) electrons. The SMILES string of the molecule is COc1ccc([C@@H]2[C@@H](S(C)(=O)=O)[C@@]2(N)C(=O)O)cc1. The van der Waals surface area contributed by atoms with Crippen LogP contribution in [0.25, 0.3) is 0 Å². The molecule has 1 aromatic rings. The number of benzene rings is 1. The number of aliphatic carboxylic acids is 1. The molecule has 1 aliphatic rings. The number of carboxylic acid groups (broad SMARTS) is 1. The second-order valence-electron chi connectivity index (χ2n) is 4.74. The van der Waals surface area contributed by atoms with Crippen LogP contribution in [0.3, 0.4) is 0 Å². The van der Waals surface area contributed by atoms with Crippen molar-refractivity contribution in [3.63, 3.8) is 0 Å². The van der Waals surface area contributed by atoms with Gasteiger partial charge in [-0.3, -0.25) is 4.79 Å². The third-order valence-corrected chi connectivity index (χ3v) is 5.07. The van der Waals surface area contributed by atoms with Crippen molar-refractivity contribution in [2.75, 3.05) is 13.4 Å². The van der Waals surface area contributed by atoms with E-state index in [0.29, 0.717) is 11.3 Å². The van der Waals surface area contributed by atoms with Gasteiger partial charge in [0.15, 0.2) is 9.84 Å². The minimum absolute atomic E-state index is 0.584. The number of carboxylic acids is 1. The summed E-state index contributed by atoms with van der Waals surface area (Å²) >= 11 is 0. The zero-order valence-corrected chi connectivity index (χ0v) is 11.3. The Morgan fingerprint density at radius 2 is 1.89 bits per heavy atom. The van der Waals surface area contributed by atoms with E-state index in [1.165, 1.54) is 7.11 Å². The van der Waals surface area contributed by atoms with Gasteiger partial charge in [-0.05, 0) is 17.7 Å². The van der Waals surface area contributed by atoms with Crippen LogP contribution in [0.2, 0.25) is 0 Å². The fourth-order valence-electron chi connectivity index (χ4n) is 2.49. The van der Waals surface area contributed by atoms with Gasteiger partial charge in [0.2, 0.25) is 0 Å². The molecular formula is C12H15NO5S. The fraction of sp³-hybridized carbons (Fsp3) is 0.417. The lowest BCUT2D eigenvalue weighted by Gasteiger charge is -2.05. The molecule has 0 heterocycles. The van der Waals surface area contributed by atoms with Crippen molar-refractivity contribution in [1.82, 2.24) is 0 Å². The molecule has 1 saturated carbocycles. The van der Waals surface area contributed by atoms with E-state index in [0.717, 1.165) is 6.26 Å². The maximum atomic E-state index is 11.7. The van der Waals surface area contributed by atoms with Crippen LogP contribution >= 0.6 is 0 Å². The highest BCUT2D eigenvalue weighted by molar-refractivity contribution is 7.91. The zero-order valence-electron chi connectivity index (χ0n) is 10.5. The number of ether oxygens (including phenoxy) is 1. The van der Waals surface area contributed by atoms with Crippen LogP contribution in [-0.2, 0) is 14.6 Å². The Hall–Kier alpha value is -1.60. The smallest absolute Gasteiger partial charge is 0.325 e. The monoisotopic (exact) mass is 285 g/mol. The number of hydrogen-bond donors (Lipinski definition) is 2. The lowest BCUT2D eigenvalue weighted by Crippen LogP contribution is -2.39. The van der Waals surface area contributed by atoms with Crippen LogP contribution in [0.1, 0.15) is 11.5 Å². The van der Waals surface area contributed by atoms with Crippen LogP contribution in [0, 0.1) is 0 Å². The van der Waals surface area contributed by atoms with E-state index >= 15 is 0 Å². The van der Waals surface area contributed by atoms with Crippen molar-refractivity contribution in [3.8, 4) is 5.75 Å². The predicted octanol–water partition coefficient (Wildman–Crippen LogP) is -0.0123. The molecule has 0 spiro atoms. The van der Waals surface area contributed by atoms with Gasteiger partial charge in [0.25, 0.3) is 0 Å². The first-order chi connectivity index (χ1) is 8.72. The van der Waals surface area contributed by atoms with E-state index in [-0.39, 0.29) is 0 Å². The topological polar surface area (TPSA) is 107 Å². The van der Waals surface area contributed by atoms with Gasteiger partial charge in [0.05, 0.1) is 12.4 Å². The lowest BCUT2D eigenvalue weighted by atomic mass is 10.1. The Morgan fingerprint density at radius 1 is 1.37 bits per heavy atom. The van der Waals surface area contributed by atoms with Crippen LogP contribution in [0.4, 0.5) is 0 Å². The first kappa shape index (κ1) is 13.8. The Labute approximate surface area is 111 Å². The second kappa shape index (κ2) is 4.21. The minimum atomic E-state index is -3.53. The van der Waals surface area contributed by atoms with Crippen LogP contribution in [0.15, 0.2) is 24.3 Å². The molecule has 0 aromatic heterocycles. The van der Waals surface area contributed by atoms with Gasteiger partial charge >= 0.3 is 5.97 Å². The third-order valence-electron chi connectivity index (χ3n) is 3.49. The average Bonchev–Trinajstić information content (AvgIpc) is 2.98. The molecule has 1 aliphatic carbocycles. The van der Waals surface area contributed by atoms with Gasteiger partial charge in [-0.2, -0.15) is 0 Å². The van der Waals surface area contributed by atoms with Crippen molar-refractivity contribution < 1.29 is 23.1 Å². The summed E-state index contributed by atoms with van der Waals surface area (Å²) in [5, 5.41) is 8.07. The van der Waals surface area contributed by atoms with Crippen LogP contribution < -0.4 is 10.5 Å². The van der Waals surface area contributed by atoms with Crippen molar-refractivity contribution in [2.45, 2.75) is 16.7 Å². The molecule has 6 nitrogen and oxygen atoms in total. The summed E-state index contributed by atoms with van der Waals surface area (Å²) in [6.45, 7) is 0. The molecule has 0 aliphatic heterocycles. The summed E-state index contributed by atoms with van der Waals surface area (Å²) in [7, 11) is -2.02. The van der Waals surface area contributed by atoms with E-state index in [1.54, 1.807) is 24.3 Å². The van der Waals surface area contributed by atoms with Gasteiger partial charge in [-0.15, -0.1) is 0 Å². The molecule has 7 heteroatoms. The van der Waals surface area contributed by atoms with Crippen molar-refractivity contribution in [2.24, 2.45) is 5.73 Å². The maximum Gasteiger partial charge on any atom is 0.325 e. The zero-order chi connectivity index (χ0) is 14.4. The van der Waals surface area contributed by atoms with Crippen molar-refractivity contribution in [1.29, 1.82) is 0 Å². The molecule has 1 fully saturated rings. The number of rotatable bonds is 4. The van der Waals surface area contributed by atoms with Crippen molar-refractivity contribution >= 4 is 15.8 Å². The molecule has 3 atom stereocenters. The van der Waals surface area contributed by atoms with Crippen molar-refractivity contribution in [3.05, 3.63) is 29.8 Å². The quantitative estimate of drug-likeness (QED) is 0.805. The molecule has 3 N–H and O–H groups in total. The van der Waals surface area contributed by atoms with Gasteiger partial charge < -0.3 is 15.6 Å². The number of hydrogen-bond acceptors (Lipinski definition) is 5. The molecule has 1 aromatic carbocycles. The lowest BCUT2D eigenvalue weighted by molar-refractivity contribution is -0.139. The normalized spacial score (nSPS) is 29.8. The highest BCUT2D eigenvalue weighted by Gasteiger charge is 2.73. The first-order valence-corrected chi connectivity index (χ1v) is 7.53. The van der Waals surface area contributed by atoms with E-state index in [4.69, 9.17) is 15.6 Å². The van der Waals surface area contributed by atoms with Gasteiger partial charge in [0, 0.05) is 12.2 Å². The van der Waals surface area contributed by atoms with Gasteiger partial charge in [0.1, 0.15) is 11.3 Å². The summed E-state index contributed by atoms with van der Waals surface area (Å²) in [6.07, 6.45) is 1.01. The number of methoxy groups -OCH3 is 1. The first-order valence-electron chi connectivity index (χ1n) is 5.58. The molecule has 0 amide bonds. The third kappa shape index (κ3) is 2.08. The van der Waals surface area contributed by atoms with Gasteiger partial charge in [-0.25, -0.2) is 8.42 Å². The van der Waals surface area contributed by atoms with Gasteiger partial charge in [-0.1, -0.05) is 12.1 Å². The van der Waals surface area contributed by atoms with E-state index in [1.807, 2.05) is 0 Å². The van der Waals surface area contributed by atoms with E-state index in [9.17, 15) is 13.2 Å². The number of carbonyl (C=O) groups is 1. The number of nitrogens with two attached hydrogens (primary N) is 1. The Balaban J connectivity index is 2.41. The maximum absolute atomic E-state index is 11.7. The molecule has 0 saturated heterocycles. The average molecular weight is 285 g/mol. The Bertz CT molecular complexity index is 610. The molecule has 0 unspecified atom stereocenters. The Morgan fingerprint density at radius 3 is 2.21 bits per heavy atom. The highest BCUT2D eigenvalue weighted by atomic mass is 32.2. The summed E-state index contributed by atoms with van der Waals surface area (Å²) in [6, 6.07) is 6.57. The summed E-state index contributed by atoms with van der Waals surface area (Å²) in [5.74, 6) is -1.42. The molecule has 104 valence electrons. The molecular weight excluding hydrogens is 270 g/mol. The number of sulfone groups is 1. The summed E-state index contributed by atoms with van der Waals surface area (Å²) in [5.41, 5.74) is 4.59. The standard InChI is InChI=1S/C12H15NO5S/c1-18-8-5-3-7(4-6-8)9-10(19(2,16)17)12(9,13)11(14)15/h3-6,9-10H,13H2,1-2H3,(H,14,15)/t9-,10-,12-/m1/s1. The molecule has 2 rings (SSSR count). The summed E-state index contributed by atoms with van der Waals surface area (Å²) in [4.78, 5) is 11.2. The predicted molar refractivity (Wildman–Crippen MR) is 68.9 cm³/mol. The highest BCUT2D eigenvalue weighted by Crippen LogP contribution is 2.54. The van der Waals surface area contributed by atoms with E-state index in [2.05, 4.69) is 0 Å². The minimum Gasteiger partial charge on any atom is -0.497 e. The molecule has 19 heavy (non-hydrogen) atoms. The second-order valence-corrected chi connectivity index (χ2v) is 6.91. The fourth-order valence-corrected chi connectivity index (χ4v) is 4.25.